The lowest BCUT2D eigenvalue weighted by atomic mass is 9.81. The van der Waals surface area contributed by atoms with Crippen LogP contribution < -0.4 is 0 Å². The van der Waals surface area contributed by atoms with Crippen LogP contribution in [0, 0.1) is 11.3 Å². The summed E-state index contributed by atoms with van der Waals surface area (Å²) in [5, 5.41) is 9.04. The van der Waals surface area contributed by atoms with Crippen molar-refractivity contribution in [3.05, 3.63) is 12.2 Å². The average molecular weight is 185 g/mol. The Labute approximate surface area is 79.8 Å². The van der Waals surface area contributed by atoms with Gasteiger partial charge in [0.05, 0.1) is 0 Å². The van der Waals surface area contributed by atoms with Crippen LogP contribution in [0.1, 0.15) is 34.5 Å². The van der Waals surface area contributed by atoms with E-state index in [1.165, 1.54) is 19.1 Å². The number of aliphatic hydroxyl groups is 1. The number of hydrogen-bond acceptors (Lipinski definition) is 3. The summed E-state index contributed by atoms with van der Waals surface area (Å²) in [6.45, 7) is 4.46. The Balaban J connectivity index is 0.000000980. The van der Waals surface area contributed by atoms with Gasteiger partial charge >= 0.3 is 7.37 Å². The maximum Gasteiger partial charge on any atom is 1.00 e. The summed E-state index contributed by atoms with van der Waals surface area (Å²) >= 11 is 0. The summed E-state index contributed by atoms with van der Waals surface area (Å²) < 4.78 is 10.4. The standard InChI is InChI=1S/C10H16O3/c1-10(2)5-3-4-7(10)9-12-6-8(11)13-9/h6-7,9,11H,3-5H2,1-2H3/p+1. The van der Waals surface area contributed by atoms with E-state index in [-0.39, 0.29) is 19.1 Å². The molecule has 3 heteroatoms. The monoisotopic (exact) mass is 185 g/mol. The smallest absolute Gasteiger partial charge is 0.479 e. The van der Waals surface area contributed by atoms with Gasteiger partial charge in [0.25, 0.3) is 0 Å². The van der Waals surface area contributed by atoms with E-state index in [1.807, 2.05) is 0 Å². The normalized spacial score (nSPS) is 36.6. The Bertz CT molecular complexity index is 238. The molecule has 0 aromatic heterocycles. The van der Waals surface area contributed by atoms with Crippen molar-refractivity contribution in [2.45, 2.75) is 39.4 Å². The zero-order chi connectivity index (χ0) is 9.47. The lowest BCUT2D eigenvalue weighted by Crippen LogP contribution is -2.30. The first kappa shape index (κ1) is 8.73. The minimum absolute atomic E-state index is 0. The highest BCUT2D eigenvalue weighted by atomic mass is 16.8. The molecule has 2 rings (SSSR count). The van der Waals surface area contributed by atoms with Gasteiger partial charge in [0.1, 0.15) is 0 Å². The predicted octanol–water partition coefficient (Wildman–Crippen LogP) is 2.66. The molecular weight excluding hydrogens is 168 g/mol. The van der Waals surface area contributed by atoms with Gasteiger partial charge in [0, 0.05) is 5.92 Å². The van der Waals surface area contributed by atoms with Crippen molar-refractivity contribution in [2.24, 2.45) is 11.3 Å². The van der Waals surface area contributed by atoms with Crippen LogP contribution >= 0.6 is 0 Å². The average Bonchev–Trinajstić information content (AvgIpc) is 2.56. The highest BCUT2D eigenvalue weighted by Crippen LogP contribution is 2.46. The number of hydrogen-bond donors (Lipinski definition) is 1. The van der Waals surface area contributed by atoms with Gasteiger partial charge in [-0.15, -0.1) is 0 Å². The molecule has 74 valence electrons. The number of aliphatic hydroxyl groups excluding tert-OH is 1. The number of ether oxygens (including phenoxy) is 2. The van der Waals surface area contributed by atoms with Crippen molar-refractivity contribution in [2.75, 3.05) is 0 Å². The van der Waals surface area contributed by atoms with Crippen molar-refractivity contribution in [1.29, 1.82) is 0 Å². The van der Waals surface area contributed by atoms with Crippen LogP contribution in [0.25, 0.3) is 0 Å². The first-order chi connectivity index (χ1) is 6.09. The van der Waals surface area contributed by atoms with Gasteiger partial charge < -0.3 is 14.6 Å². The highest BCUT2D eigenvalue weighted by Gasteiger charge is 2.43. The van der Waals surface area contributed by atoms with Crippen molar-refractivity contribution in [3.8, 4) is 0 Å². The first-order valence-corrected chi connectivity index (χ1v) is 4.81. The van der Waals surface area contributed by atoms with Crippen LogP contribution in [0.3, 0.4) is 0 Å². The molecule has 1 saturated carbocycles. The molecule has 1 aliphatic heterocycles. The molecule has 1 heterocycles. The topological polar surface area (TPSA) is 38.7 Å². The van der Waals surface area contributed by atoms with Gasteiger partial charge in [0.2, 0.25) is 6.29 Å². The molecule has 2 aliphatic rings. The quantitative estimate of drug-likeness (QED) is 0.682. The third-order valence-corrected chi connectivity index (χ3v) is 3.21. The molecule has 0 radical (unpaired) electrons. The van der Waals surface area contributed by atoms with E-state index in [2.05, 4.69) is 13.8 Å². The van der Waals surface area contributed by atoms with E-state index in [4.69, 9.17) is 14.6 Å². The van der Waals surface area contributed by atoms with Gasteiger partial charge in [-0.1, -0.05) is 20.3 Å². The Hall–Kier alpha value is -0.860. The van der Waals surface area contributed by atoms with Gasteiger partial charge in [-0.3, -0.25) is 0 Å². The fourth-order valence-electron chi connectivity index (χ4n) is 2.34. The maximum atomic E-state index is 9.04. The second-order valence-corrected chi connectivity index (χ2v) is 4.57. The van der Waals surface area contributed by atoms with E-state index in [0.717, 1.165) is 6.42 Å². The zero-order valence-electron chi connectivity index (χ0n) is 9.12. The fraction of sp³-hybridized carbons (Fsp3) is 0.800. The second-order valence-electron chi connectivity index (χ2n) is 4.57. The molecule has 1 N–H and O–H groups in total. The van der Waals surface area contributed by atoms with E-state index in [0.29, 0.717) is 5.92 Å². The predicted molar refractivity (Wildman–Crippen MR) is 48.9 cm³/mol. The molecule has 0 saturated heterocycles. The maximum absolute atomic E-state index is 9.04. The molecule has 0 aromatic carbocycles. The molecule has 2 unspecified atom stereocenters. The molecule has 13 heavy (non-hydrogen) atoms. The third-order valence-electron chi connectivity index (χ3n) is 3.21. The van der Waals surface area contributed by atoms with Gasteiger partial charge in [0.15, 0.2) is 6.26 Å². The lowest BCUT2D eigenvalue weighted by molar-refractivity contribution is -0.116. The highest BCUT2D eigenvalue weighted by molar-refractivity contribution is 4.91. The second kappa shape index (κ2) is 2.82. The Morgan fingerprint density at radius 2 is 2.38 bits per heavy atom. The van der Waals surface area contributed by atoms with Crippen LogP contribution in [0.4, 0.5) is 0 Å². The molecule has 0 amide bonds. The van der Waals surface area contributed by atoms with Crippen molar-refractivity contribution in [3.63, 3.8) is 0 Å². The third kappa shape index (κ3) is 1.47. The van der Waals surface area contributed by atoms with Gasteiger partial charge in [-0.25, -0.2) is 0 Å². The summed E-state index contributed by atoms with van der Waals surface area (Å²) in [5.74, 6) is 0.307. The Morgan fingerprint density at radius 1 is 1.62 bits per heavy atom. The lowest BCUT2D eigenvalue weighted by Gasteiger charge is -2.29. The van der Waals surface area contributed by atoms with Crippen LogP contribution in [0.2, 0.25) is 0 Å². The molecular formula is C10H17O3+. The summed E-state index contributed by atoms with van der Waals surface area (Å²) in [5.41, 5.74) is 0.267. The molecule has 1 aliphatic carbocycles. The van der Waals surface area contributed by atoms with E-state index < -0.39 is 0 Å². The van der Waals surface area contributed by atoms with Gasteiger partial charge in [-0.05, 0) is 18.3 Å². The molecule has 1 fully saturated rings. The van der Waals surface area contributed by atoms with Crippen LogP contribution in [-0.4, -0.2) is 11.4 Å². The molecule has 3 nitrogen and oxygen atoms in total. The van der Waals surface area contributed by atoms with Crippen LogP contribution in [0.5, 0.6) is 0 Å². The molecule has 0 aromatic rings. The molecule has 2 atom stereocenters. The first-order valence-electron chi connectivity index (χ1n) is 4.81. The van der Waals surface area contributed by atoms with E-state index in [1.54, 1.807) is 0 Å². The largest absolute Gasteiger partial charge is 1.00 e. The SMILES string of the molecule is CC1(C)CCCC1C1OC=C(O)O1.[H+]. The Morgan fingerprint density at radius 3 is 2.85 bits per heavy atom. The van der Waals surface area contributed by atoms with E-state index in [9.17, 15) is 0 Å². The molecule has 0 spiro atoms. The summed E-state index contributed by atoms with van der Waals surface area (Å²) in [7, 11) is 0. The summed E-state index contributed by atoms with van der Waals surface area (Å²) in [6.07, 6.45) is 4.58. The van der Waals surface area contributed by atoms with Crippen molar-refractivity contribution < 1.29 is 16.0 Å². The minimum Gasteiger partial charge on any atom is -0.479 e. The van der Waals surface area contributed by atoms with Gasteiger partial charge in [-0.2, -0.15) is 0 Å². The Kier molecular flexibility index (Phi) is 1.90. The molecule has 0 bridgehead atoms. The van der Waals surface area contributed by atoms with Crippen molar-refractivity contribution in [1.82, 2.24) is 0 Å². The minimum atomic E-state index is -0.266. The van der Waals surface area contributed by atoms with Crippen molar-refractivity contribution >= 4 is 0 Å². The zero-order valence-corrected chi connectivity index (χ0v) is 8.12. The van der Waals surface area contributed by atoms with Crippen LogP contribution in [-0.2, 0) is 9.47 Å². The van der Waals surface area contributed by atoms with E-state index >= 15 is 0 Å². The summed E-state index contributed by atoms with van der Waals surface area (Å²) in [4.78, 5) is 0. The van der Waals surface area contributed by atoms with Crippen LogP contribution in [0.15, 0.2) is 12.2 Å². The summed E-state index contributed by atoms with van der Waals surface area (Å²) in [6, 6.07) is 0. The fourth-order valence-corrected chi connectivity index (χ4v) is 2.34. The number of rotatable bonds is 1.